The van der Waals surface area contributed by atoms with Crippen molar-refractivity contribution in [2.24, 2.45) is 15.4 Å². The van der Waals surface area contributed by atoms with Gasteiger partial charge >= 0.3 is 0 Å². The molecule has 1 heterocycles. The van der Waals surface area contributed by atoms with Crippen LogP contribution in [0.1, 0.15) is 5.56 Å². The number of morpholine rings is 1. The van der Waals surface area contributed by atoms with Crippen LogP contribution in [0.15, 0.2) is 39.6 Å². The number of benzene rings is 1. The first-order chi connectivity index (χ1) is 9.79. The molecule has 0 bridgehead atoms. The third-order valence-electron chi connectivity index (χ3n) is 2.75. The van der Waals surface area contributed by atoms with E-state index >= 15 is 0 Å². The number of oxime groups is 1. The summed E-state index contributed by atoms with van der Waals surface area (Å²) in [6.45, 7) is 2.86. The molecule has 7 heteroatoms. The van der Waals surface area contributed by atoms with E-state index in [1.165, 1.54) is 12.1 Å². The van der Waals surface area contributed by atoms with Crippen molar-refractivity contribution < 1.29 is 14.3 Å². The molecule has 6 nitrogen and oxygen atoms in total. The number of hydrogen-bond acceptors (Lipinski definition) is 5. The monoisotopic (exact) mass is 278 g/mol. The number of ether oxygens (including phenoxy) is 1. The Labute approximate surface area is 115 Å². The average molecular weight is 278 g/mol. The van der Waals surface area contributed by atoms with Crippen LogP contribution in [0.5, 0.6) is 0 Å². The fourth-order valence-corrected chi connectivity index (χ4v) is 1.69. The first-order valence-electron chi connectivity index (χ1n) is 6.16. The first kappa shape index (κ1) is 14.1. The van der Waals surface area contributed by atoms with Gasteiger partial charge in [0.05, 0.1) is 19.4 Å². The SMILES string of the molecule is ON=CC(=NN=CN1CCOCC1)c1ccc(F)cc1. The molecule has 106 valence electrons. The van der Waals surface area contributed by atoms with Crippen LogP contribution >= 0.6 is 0 Å². The molecular formula is C13H15FN4O2. The summed E-state index contributed by atoms with van der Waals surface area (Å²) in [5.41, 5.74) is 0.959. The largest absolute Gasteiger partial charge is 0.411 e. The quantitative estimate of drug-likeness (QED) is 0.391. The molecule has 2 rings (SSSR count). The van der Waals surface area contributed by atoms with Gasteiger partial charge in [0.2, 0.25) is 0 Å². The third kappa shape index (κ3) is 4.13. The maximum Gasteiger partial charge on any atom is 0.123 e. The van der Waals surface area contributed by atoms with Gasteiger partial charge in [0, 0.05) is 18.7 Å². The standard InChI is InChI=1S/C13H15FN4O2/c14-12-3-1-11(2-4-12)13(9-16-19)17-15-10-18-5-7-20-8-6-18/h1-4,9-10,19H,5-8H2. The minimum absolute atomic E-state index is 0.342. The summed E-state index contributed by atoms with van der Waals surface area (Å²) in [6.07, 6.45) is 2.77. The number of halogens is 1. The van der Waals surface area contributed by atoms with Crippen LogP contribution < -0.4 is 0 Å². The van der Waals surface area contributed by atoms with E-state index in [1.54, 1.807) is 18.5 Å². The van der Waals surface area contributed by atoms with Gasteiger partial charge in [0.1, 0.15) is 17.9 Å². The van der Waals surface area contributed by atoms with E-state index in [1.807, 2.05) is 4.90 Å². The zero-order valence-electron chi connectivity index (χ0n) is 10.8. The Balaban J connectivity index is 2.09. The lowest BCUT2D eigenvalue weighted by Crippen LogP contribution is -2.35. The summed E-state index contributed by atoms with van der Waals surface area (Å²) in [7, 11) is 0. The maximum atomic E-state index is 12.9. The maximum absolute atomic E-state index is 12.9. The minimum atomic E-state index is -0.342. The van der Waals surface area contributed by atoms with Crippen LogP contribution in [0.2, 0.25) is 0 Å². The normalized spacial score (nSPS) is 17.2. The van der Waals surface area contributed by atoms with E-state index in [0.717, 1.165) is 19.3 Å². The molecule has 1 N–H and O–H groups in total. The smallest absolute Gasteiger partial charge is 0.123 e. The van der Waals surface area contributed by atoms with Gasteiger partial charge in [-0.15, -0.1) is 10.2 Å². The summed E-state index contributed by atoms with van der Waals surface area (Å²) >= 11 is 0. The average Bonchev–Trinajstić information content (AvgIpc) is 2.48. The lowest BCUT2D eigenvalue weighted by atomic mass is 10.1. The molecule has 1 aliphatic heterocycles. The van der Waals surface area contributed by atoms with Gasteiger partial charge in [-0.25, -0.2) is 4.39 Å². The van der Waals surface area contributed by atoms with Crippen molar-refractivity contribution in [1.29, 1.82) is 0 Å². The van der Waals surface area contributed by atoms with Crippen LogP contribution in [-0.4, -0.2) is 54.7 Å². The summed E-state index contributed by atoms with van der Waals surface area (Å²) in [4.78, 5) is 1.98. The Morgan fingerprint density at radius 2 is 1.95 bits per heavy atom. The highest BCUT2D eigenvalue weighted by molar-refractivity contribution is 6.38. The predicted octanol–water partition coefficient (Wildman–Crippen LogP) is 1.35. The zero-order valence-corrected chi connectivity index (χ0v) is 10.8. The van der Waals surface area contributed by atoms with E-state index in [4.69, 9.17) is 9.94 Å². The summed E-state index contributed by atoms with van der Waals surface area (Å²) < 4.78 is 18.1. The molecule has 0 spiro atoms. The molecule has 0 amide bonds. The van der Waals surface area contributed by atoms with Gasteiger partial charge in [0.15, 0.2) is 0 Å². The molecule has 0 unspecified atom stereocenters. The fourth-order valence-electron chi connectivity index (χ4n) is 1.69. The molecule has 1 saturated heterocycles. The number of rotatable bonds is 4. The molecular weight excluding hydrogens is 263 g/mol. The highest BCUT2D eigenvalue weighted by Gasteiger charge is 2.06. The number of hydrogen-bond donors (Lipinski definition) is 1. The van der Waals surface area contributed by atoms with Crippen molar-refractivity contribution in [3.63, 3.8) is 0 Å². The molecule has 0 aromatic heterocycles. The van der Waals surface area contributed by atoms with Crippen LogP contribution in [0.4, 0.5) is 4.39 Å². The van der Waals surface area contributed by atoms with Crippen LogP contribution in [0, 0.1) is 5.82 Å². The van der Waals surface area contributed by atoms with Gasteiger partial charge in [0.25, 0.3) is 0 Å². The predicted molar refractivity (Wildman–Crippen MR) is 74.1 cm³/mol. The van der Waals surface area contributed by atoms with Crippen molar-refractivity contribution in [3.05, 3.63) is 35.6 Å². The van der Waals surface area contributed by atoms with E-state index < -0.39 is 0 Å². The highest BCUT2D eigenvalue weighted by atomic mass is 19.1. The Hall–Kier alpha value is -2.28. The van der Waals surface area contributed by atoms with Gasteiger partial charge in [-0.05, 0) is 24.3 Å². The van der Waals surface area contributed by atoms with E-state index in [9.17, 15) is 4.39 Å². The first-order valence-corrected chi connectivity index (χ1v) is 6.16. The highest BCUT2D eigenvalue weighted by Crippen LogP contribution is 2.04. The van der Waals surface area contributed by atoms with E-state index in [-0.39, 0.29) is 5.82 Å². The molecule has 0 saturated carbocycles. The van der Waals surface area contributed by atoms with Crippen molar-refractivity contribution in [2.75, 3.05) is 26.3 Å². The van der Waals surface area contributed by atoms with Crippen LogP contribution in [-0.2, 0) is 4.74 Å². The van der Waals surface area contributed by atoms with Crippen molar-refractivity contribution in [2.45, 2.75) is 0 Å². The van der Waals surface area contributed by atoms with Crippen molar-refractivity contribution >= 4 is 18.3 Å². The second-order valence-corrected chi connectivity index (χ2v) is 4.12. The minimum Gasteiger partial charge on any atom is -0.411 e. The van der Waals surface area contributed by atoms with Gasteiger partial charge in [-0.3, -0.25) is 0 Å². The zero-order chi connectivity index (χ0) is 14.2. The summed E-state index contributed by atoms with van der Waals surface area (Å²) in [5, 5.41) is 19.5. The third-order valence-corrected chi connectivity index (χ3v) is 2.75. The molecule has 1 aromatic carbocycles. The van der Waals surface area contributed by atoms with Crippen molar-refractivity contribution in [1.82, 2.24) is 4.90 Å². The molecule has 0 aliphatic carbocycles. The second-order valence-electron chi connectivity index (χ2n) is 4.12. The summed E-state index contributed by atoms with van der Waals surface area (Å²) in [6, 6.07) is 5.70. The van der Waals surface area contributed by atoms with Gasteiger partial charge < -0.3 is 14.8 Å². The lowest BCUT2D eigenvalue weighted by molar-refractivity contribution is 0.0700. The Morgan fingerprint density at radius 3 is 2.60 bits per heavy atom. The van der Waals surface area contributed by atoms with Gasteiger partial charge in [-0.1, -0.05) is 5.16 Å². The molecule has 1 fully saturated rings. The molecule has 1 aliphatic rings. The Kier molecular flexibility index (Phi) is 5.19. The van der Waals surface area contributed by atoms with Crippen LogP contribution in [0.3, 0.4) is 0 Å². The molecule has 1 aromatic rings. The van der Waals surface area contributed by atoms with Crippen molar-refractivity contribution in [3.8, 4) is 0 Å². The topological polar surface area (TPSA) is 69.8 Å². The summed E-state index contributed by atoms with van der Waals surface area (Å²) in [5.74, 6) is -0.342. The molecule has 20 heavy (non-hydrogen) atoms. The number of nitrogens with zero attached hydrogens (tertiary/aromatic N) is 4. The molecule has 0 atom stereocenters. The Bertz CT molecular complexity index is 508. The van der Waals surface area contributed by atoms with Gasteiger partial charge in [-0.2, -0.15) is 0 Å². The van der Waals surface area contributed by atoms with E-state index in [2.05, 4.69) is 15.4 Å². The fraction of sp³-hybridized carbons (Fsp3) is 0.308. The second kappa shape index (κ2) is 7.34. The molecule has 0 radical (unpaired) electrons. The lowest BCUT2D eigenvalue weighted by Gasteiger charge is -2.23. The van der Waals surface area contributed by atoms with Crippen LogP contribution in [0.25, 0.3) is 0 Å². The Morgan fingerprint density at radius 1 is 1.25 bits per heavy atom. The van der Waals surface area contributed by atoms with E-state index in [0.29, 0.717) is 24.5 Å².